The van der Waals surface area contributed by atoms with Crippen molar-refractivity contribution in [1.29, 1.82) is 0 Å². The van der Waals surface area contributed by atoms with Crippen LogP contribution in [-0.4, -0.2) is 50.8 Å². The van der Waals surface area contributed by atoms with Gasteiger partial charge in [-0.25, -0.2) is 4.98 Å². The van der Waals surface area contributed by atoms with E-state index in [1.165, 1.54) is 12.0 Å². The van der Waals surface area contributed by atoms with Crippen LogP contribution >= 0.6 is 0 Å². The van der Waals surface area contributed by atoms with Crippen LogP contribution in [0.15, 0.2) is 24.5 Å². The fourth-order valence-corrected chi connectivity index (χ4v) is 3.95. The molecule has 23 heavy (non-hydrogen) atoms. The topological polar surface area (TPSA) is 40.9 Å². The molecule has 5 heteroatoms. The number of pyridine rings is 1. The van der Waals surface area contributed by atoms with Gasteiger partial charge in [-0.2, -0.15) is 0 Å². The van der Waals surface area contributed by atoms with E-state index in [4.69, 9.17) is 4.98 Å². The summed E-state index contributed by atoms with van der Waals surface area (Å²) in [5.74, 6) is 0.347. The molecule has 2 aliphatic heterocycles. The summed E-state index contributed by atoms with van der Waals surface area (Å²) >= 11 is 0. The summed E-state index contributed by atoms with van der Waals surface area (Å²) in [6.07, 6.45) is 8.33. The van der Waals surface area contributed by atoms with Gasteiger partial charge in [-0.1, -0.05) is 6.07 Å². The number of hydrogen-bond acceptors (Lipinski definition) is 3. The number of hydrogen-bond donors (Lipinski definition) is 0. The number of piperidine rings is 1. The van der Waals surface area contributed by atoms with Gasteiger partial charge in [0.2, 0.25) is 5.91 Å². The van der Waals surface area contributed by atoms with Crippen molar-refractivity contribution in [2.75, 3.05) is 19.6 Å². The van der Waals surface area contributed by atoms with Gasteiger partial charge in [0.25, 0.3) is 0 Å². The number of aryl methyl sites for hydroxylation is 1. The van der Waals surface area contributed by atoms with Gasteiger partial charge in [0.15, 0.2) is 0 Å². The number of carbonyl (C=O) groups excluding carboxylic acids is 1. The third kappa shape index (κ3) is 2.98. The summed E-state index contributed by atoms with van der Waals surface area (Å²) < 4.78 is 2.11. The summed E-state index contributed by atoms with van der Waals surface area (Å²) in [6.45, 7) is 6.01. The van der Waals surface area contributed by atoms with E-state index in [9.17, 15) is 4.79 Å². The highest BCUT2D eigenvalue weighted by molar-refractivity contribution is 5.78. The first-order chi connectivity index (χ1) is 11.2. The lowest BCUT2D eigenvalue weighted by Crippen LogP contribution is -2.48. The highest BCUT2D eigenvalue weighted by Gasteiger charge is 2.31. The molecule has 2 aromatic rings. The van der Waals surface area contributed by atoms with Crippen LogP contribution in [0.2, 0.25) is 0 Å². The minimum absolute atomic E-state index is 0.347. The van der Waals surface area contributed by atoms with Crippen molar-refractivity contribution in [3.05, 3.63) is 35.8 Å². The number of fused-ring (bicyclic) bond motifs is 1. The van der Waals surface area contributed by atoms with Gasteiger partial charge in [0, 0.05) is 44.5 Å². The van der Waals surface area contributed by atoms with E-state index in [1.807, 2.05) is 0 Å². The Morgan fingerprint density at radius 2 is 2.13 bits per heavy atom. The number of rotatable bonds is 3. The summed E-state index contributed by atoms with van der Waals surface area (Å²) in [4.78, 5) is 21.3. The minimum Gasteiger partial charge on any atom is -0.338 e. The Labute approximate surface area is 136 Å². The zero-order valence-electron chi connectivity index (χ0n) is 13.7. The zero-order valence-corrected chi connectivity index (χ0v) is 13.7. The van der Waals surface area contributed by atoms with Crippen molar-refractivity contribution < 1.29 is 4.79 Å². The molecule has 0 bridgehead atoms. The number of imidazole rings is 1. The van der Waals surface area contributed by atoms with E-state index in [-0.39, 0.29) is 0 Å². The highest BCUT2D eigenvalue weighted by Crippen LogP contribution is 2.22. The number of aromatic nitrogens is 2. The normalized spacial score (nSPS) is 23.1. The number of likely N-dealkylation sites (tertiary alicyclic amines) is 2. The Morgan fingerprint density at radius 3 is 2.96 bits per heavy atom. The van der Waals surface area contributed by atoms with Crippen LogP contribution in [-0.2, 0) is 11.3 Å². The molecular formula is C18H24N4O. The standard InChI is InChI=1S/C18H24N4O/c1-14-6-7-17-19-15(12-21(17)10-14)11-20-8-2-4-16(13-20)22-9-3-5-18(22)23/h6-7,10,12,16H,2-5,8-9,11,13H2,1H3/t16-/m0/s1. The number of amides is 1. The van der Waals surface area contributed by atoms with Crippen molar-refractivity contribution in [3.8, 4) is 0 Å². The first kappa shape index (κ1) is 14.7. The average molecular weight is 312 g/mol. The minimum atomic E-state index is 0.347. The van der Waals surface area contributed by atoms with Gasteiger partial charge < -0.3 is 9.30 Å². The van der Waals surface area contributed by atoms with Gasteiger partial charge in [0.05, 0.1) is 5.69 Å². The second-order valence-corrected chi connectivity index (χ2v) is 6.93. The fourth-order valence-electron chi connectivity index (χ4n) is 3.95. The average Bonchev–Trinajstić information content (AvgIpc) is 3.12. The Morgan fingerprint density at radius 1 is 1.22 bits per heavy atom. The lowest BCUT2D eigenvalue weighted by atomic mass is 10.0. The van der Waals surface area contributed by atoms with Crippen LogP contribution in [0.1, 0.15) is 36.9 Å². The molecule has 0 aliphatic carbocycles. The van der Waals surface area contributed by atoms with Crippen molar-refractivity contribution in [1.82, 2.24) is 19.2 Å². The molecule has 1 amide bonds. The molecule has 5 nitrogen and oxygen atoms in total. The molecule has 4 rings (SSSR count). The van der Waals surface area contributed by atoms with Crippen LogP contribution in [0.25, 0.3) is 5.65 Å². The molecule has 2 aromatic heterocycles. The maximum atomic E-state index is 12.0. The van der Waals surface area contributed by atoms with Crippen LogP contribution < -0.4 is 0 Å². The monoisotopic (exact) mass is 312 g/mol. The van der Waals surface area contributed by atoms with Crippen LogP contribution in [0.3, 0.4) is 0 Å². The Hall–Kier alpha value is -1.88. The largest absolute Gasteiger partial charge is 0.338 e. The molecular weight excluding hydrogens is 288 g/mol. The summed E-state index contributed by atoms with van der Waals surface area (Å²) in [5, 5.41) is 0. The van der Waals surface area contributed by atoms with E-state index in [1.54, 1.807) is 0 Å². The SMILES string of the molecule is Cc1ccc2nc(CN3CCC[C@H](N4CCCC4=O)C3)cn2c1. The molecule has 2 fully saturated rings. The van der Waals surface area contributed by atoms with Gasteiger partial charge in [-0.05, 0) is 44.4 Å². The Bertz CT molecular complexity index is 723. The van der Waals surface area contributed by atoms with Crippen molar-refractivity contribution in [2.24, 2.45) is 0 Å². The molecule has 0 saturated carbocycles. The summed E-state index contributed by atoms with van der Waals surface area (Å²) in [7, 11) is 0. The Balaban J connectivity index is 1.45. The first-order valence-electron chi connectivity index (χ1n) is 8.65. The van der Waals surface area contributed by atoms with E-state index in [2.05, 4.69) is 45.7 Å². The molecule has 122 valence electrons. The van der Waals surface area contributed by atoms with Crippen LogP contribution in [0.4, 0.5) is 0 Å². The predicted octanol–water partition coefficient (Wildman–Crippen LogP) is 2.23. The van der Waals surface area contributed by atoms with Gasteiger partial charge in [-0.15, -0.1) is 0 Å². The molecule has 1 atom stereocenters. The fraction of sp³-hybridized carbons (Fsp3) is 0.556. The summed E-state index contributed by atoms with van der Waals surface area (Å²) in [6, 6.07) is 4.57. The highest BCUT2D eigenvalue weighted by atomic mass is 16.2. The molecule has 4 heterocycles. The van der Waals surface area contributed by atoms with Crippen molar-refractivity contribution in [3.63, 3.8) is 0 Å². The third-order valence-corrected chi connectivity index (χ3v) is 5.07. The molecule has 0 aromatic carbocycles. The quantitative estimate of drug-likeness (QED) is 0.873. The number of nitrogens with zero attached hydrogens (tertiary/aromatic N) is 4. The maximum absolute atomic E-state index is 12.0. The molecule has 0 radical (unpaired) electrons. The molecule has 0 N–H and O–H groups in total. The third-order valence-electron chi connectivity index (χ3n) is 5.07. The van der Waals surface area contributed by atoms with Gasteiger partial charge in [0.1, 0.15) is 5.65 Å². The maximum Gasteiger partial charge on any atom is 0.222 e. The molecule has 2 aliphatic rings. The molecule has 0 spiro atoms. The first-order valence-corrected chi connectivity index (χ1v) is 8.65. The van der Waals surface area contributed by atoms with Gasteiger partial charge >= 0.3 is 0 Å². The van der Waals surface area contributed by atoms with E-state index in [0.29, 0.717) is 11.9 Å². The lowest BCUT2D eigenvalue weighted by Gasteiger charge is -2.37. The smallest absolute Gasteiger partial charge is 0.222 e. The zero-order chi connectivity index (χ0) is 15.8. The van der Waals surface area contributed by atoms with E-state index in [0.717, 1.165) is 56.8 Å². The van der Waals surface area contributed by atoms with Crippen molar-refractivity contribution in [2.45, 2.75) is 45.2 Å². The Kier molecular flexibility index (Phi) is 3.81. The second kappa shape index (κ2) is 5.96. The molecule has 2 saturated heterocycles. The second-order valence-electron chi connectivity index (χ2n) is 6.93. The summed E-state index contributed by atoms with van der Waals surface area (Å²) in [5.41, 5.74) is 3.37. The van der Waals surface area contributed by atoms with E-state index >= 15 is 0 Å². The van der Waals surface area contributed by atoms with Crippen molar-refractivity contribution >= 4 is 11.6 Å². The molecule has 0 unspecified atom stereocenters. The van der Waals surface area contributed by atoms with Crippen LogP contribution in [0, 0.1) is 6.92 Å². The van der Waals surface area contributed by atoms with Gasteiger partial charge in [-0.3, -0.25) is 9.69 Å². The predicted molar refractivity (Wildman–Crippen MR) is 89.2 cm³/mol. The van der Waals surface area contributed by atoms with Crippen LogP contribution in [0.5, 0.6) is 0 Å². The lowest BCUT2D eigenvalue weighted by molar-refractivity contribution is -0.130. The number of carbonyl (C=O) groups is 1. The van der Waals surface area contributed by atoms with E-state index < -0.39 is 0 Å².